The SMILES string of the molecule is CCOC(C#Cc1ccccc1)=[N+]1[C-]=NC[N-]1. The first-order chi connectivity index (χ1) is 8.40. The Morgan fingerprint density at radius 3 is 3.00 bits per heavy atom. The zero-order chi connectivity index (χ0) is 11.9. The standard InChI is InChI=1S/C13H12N3O/c1-2-17-13(16-11-14-10-15-16)9-8-12-6-4-3-5-7-12/h3-7H,2,10H2,1H3/q-1. The quantitative estimate of drug-likeness (QED) is 0.310. The molecule has 86 valence electrons. The fourth-order valence-electron chi connectivity index (χ4n) is 1.27. The summed E-state index contributed by atoms with van der Waals surface area (Å²) in [5, 5.41) is 0. The van der Waals surface area contributed by atoms with Gasteiger partial charge in [0.05, 0.1) is 13.3 Å². The van der Waals surface area contributed by atoms with Crippen LogP contribution in [0.3, 0.4) is 0 Å². The van der Waals surface area contributed by atoms with Crippen LogP contribution in [0.2, 0.25) is 0 Å². The van der Waals surface area contributed by atoms with Gasteiger partial charge in [-0.25, -0.2) is 4.99 Å². The van der Waals surface area contributed by atoms with Crippen LogP contribution in [0.5, 0.6) is 0 Å². The summed E-state index contributed by atoms with van der Waals surface area (Å²) in [6.45, 7) is 2.81. The number of hydrogen-bond acceptors (Lipinski definition) is 2. The molecule has 1 heterocycles. The van der Waals surface area contributed by atoms with Gasteiger partial charge >= 0.3 is 0 Å². The Morgan fingerprint density at radius 2 is 2.35 bits per heavy atom. The molecule has 0 bridgehead atoms. The Kier molecular flexibility index (Phi) is 3.77. The van der Waals surface area contributed by atoms with Crippen molar-refractivity contribution in [1.82, 2.24) is 0 Å². The number of benzene rings is 1. The molecule has 1 aliphatic heterocycles. The van der Waals surface area contributed by atoms with Gasteiger partial charge in [0, 0.05) is 5.56 Å². The summed E-state index contributed by atoms with van der Waals surface area (Å²) < 4.78 is 6.84. The van der Waals surface area contributed by atoms with Crippen molar-refractivity contribution in [2.45, 2.75) is 6.92 Å². The summed E-state index contributed by atoms with van der Waals surface area (Å²) >= 11 is 0. The average Bonchev–Trinajstić information content (AvgIpc) is 2.89. The molecule has 1 aromatic carbocycles. The van der Waals surface area contributed by atoms with Gasteiger partial charge in [-0.1, -0.05) is 30.0 Å². The molecule has 4 nitrogen and oxygen atoms in total. The van der Waals surface area contributed by atoms with Crippen molar-refractivity contribution in [2.24, 2.45) is 4.99 Å². The van der Waals surface area contributed by atoms with E-state index in [-0.39, 0.29) is 0 Å². The van der Waals surface area contributed by atoms with Gasteiger partial charge in [0.1, 0.15) is 0 Å². The van der Waals surface area contributed by atoms with Crippen molar-refractivity contribution < 1.29 is 9.42 Å². The second kappa shape index (κ2) is 5.71. The summed E-state index contributed by atoms with van der Waals surface area (Å²) in [6, 6.07) is 9.72. The highest BCUT2D eigenvalue weighted by Gasteiger charge is 1.94. The highest BCUT2D eigenvalue weighted by Crippen LogP contribution is 1.99. The van der Waals surface area contributed by atoms with Gasteiger partial charge in [-0.05, 0) is 19.1 Å². The number of rotatable bonds is 1. The first kappa shape index (κ1) is 11.2. The maximum atomic E-state index is 5.40. The lowest BCUT2D eigenvalue weighted by Gasteiger charge is -2.19. The van der Waals surface area contributed by atoms with Crippen LogP contribution in [0.1, 0.15) is 12.5 Å². The van der Waals surface area contributed by atoms with E-state index in [9.17, 15) is 0 Å². The summed E-state index contributed by atoms with van der Waals surface area (Å²) in [4.78, 5) is 3.86. The number of ether oxygens (including phenoxy) is 1. The normalized spacial score (nSPS) is 15.8. The maximum Gasteiger partial charge on any atom is 0.174 e. The molecule has 0 spiro atoms. The molecule has 0 aromatic heterocycles. The molecule has 1 aliphatic rings. The molecule has 0 aliphatic carbocycles. The van der Waals surface area contributed by atoms with E-state index in [4.69, 9.17) is 4.74 Å². The van der Waals surface area contributed by atoms with E-state index in [1.54, 1.807) is 0 Å². The third kappa shape index (κ3) is 3.08. The zero-order valence-corrected chi connectivity index (χ0v) is 9.55. The molecule has 1 aromatic rings. The molecule has 0 amide bonds. The van der Waals surface area contributed by atoms with Crippen LogP contribution in [-0.2, 0) is 4.74 Å². The molecule has 0 fully saturated rings. The van der Waals surface area contributed by atoms with Crippen molar-refractivity contribution in [3.63, 3.8) is 0 Å². The number of nitrogens with zero attached hydrogens (tertiary/aromatic N) is 3. The third-order valence-electron chi connectivity index (χ3n) is 2.00. The fourth-order valence-corrected chi connectivity index (χ4v) is 1.27. The average molecular weight is 226 g/mol. The van der Waals surface area contributed by atoms with Crippen molar-refractivity contribution in [3.8, 4) is 11.8 Å². The summed E-state index contributed by atoms with van der Waals surface area (Å²) in [7, 11) is 0. The topological polar surface area (TPSA) is 38.7 Å². The van der Waals surface area contributed by atoms with Gasteiger partial charge in [0.25, 0.3) is 0 Å². The third-order valence-corrected chi connectivity index (χ3v) is 2.00. The van der Waals surface area contributed by atoms with Crippen molar-refractivity contribution in [1.29, 1.82) is 0 Å². The predicted molar refractivity (Wildman–Crippen MR) is 65.9 cm³/mol. The molecule has 0 unspecified atom stereocenters. The summed E-state index contributed by atoms with van der Waals surface area (Å²) in [5.41, 5.74) is 4.99. The van der Waals surface area contributed by atoms with Gasteiger partial charge < -0.3 is 14.8 Å². The van der Waals surface area contributed by atoms with Crippen LogP contribution in [-0.4, -0.2) is 30.2 Å². The van der Waals surface area contributed by atoms with Gasteiger partial charge in [-0.15, -0.1) is 0 Å². The molecule has 0 saturated heterocycles. The predicted octanol–water partition coefficient (Wildman–Crippen LogP) is 1.65. The van der Waals surface area contributed by atoms with Crippen LogP contribution in [0, 0.1) is 11.8 Å². The minimum Gasteiger partial charge on any atom is -0.541 e. The van der Waals surface area contributed by atoms with E-state index in [0.717, 1.165) is 5.56 Å². The summed E-state index contributed by atoms with van der Waals surface area (Å²) in [5.74, 6) is 6.40. The lowest BCUT2D eigenvalue weighted by Crippen LogP contribution is -2.15. The Balaban J connectivity index is 2.22. The smallest absolute Gasteiger partial charge is 0.174 e. The fraction of sp³-hybridized carbons (Fsp3) is 0.231. The van der Waals surface area contributed by atoms with Gasteiger partial charge in [0.15, 0.2) is 12.2 Å². The van der Waals surface area contributed by atoms with Crippen molar-refractivity contribution >= 4 is 12.2 Å². The van der Waals surface area contributed by atoms with Crippen LogP contribution in [0.4, 0.5) is 0 Å². The second-order valence-electron chi connectivity index (χ2n) is 3.21. The monoisotopic (exact) mass is 226 g/mol. The highest BCUT2D eigenvalue weighted by atomic mass is 16.5. The zero-order valence-electron chi connectivity index (χ0n) is 9.55. The van der Waals surface area contributed by atoms with E-state index in [0.29, 0.717) is 19.2 Å². The van der Waals surface area contributed by atoms with Crippen molar-refractivity contribution in [3.05, 3.63) is 41.3 Å². The summed E-state index contributed by atoms with van der Waals surface area (Å²) in [6.07, 6.45) is 2.70. The largest absolute Gasteiger partial charge is 0.541 e. The number of hydrogen-bond donors (Lipinski definition) is 0. The Bertz CT molecular complexity index is 494. The van der Waals surface area contributed by atoms with Crippen LogP contribution in [0.25, 0.3) is 5.43 Å². The van der Waals surface area contributed by atoms with E-state index in [1.165, 1.54) is 4.68 Å². The minimum absolute atomic E-state index is 0.379. The highest BCUT2D eigenvalue weighted by molar-refractivity contribution is 5.92. The lowest BCUT2D eigenvalue weighted by molar-refractivity contribution is -0.342. The van der Waals surface area contributed by atoms with Crippen molar-refractivity contribution in [2.75, 3.05) is 13.3 Å². The molecular weight excluding hydrogens is 214 g/mol. The molecule has 0 saturated carbocycles. The van der Waals surface area contributed by atoms with E-state index >= 15 is 0 Å². The Morgan fingerprint density at radius 1 is 1.53 bits per heavy atom. The van der Waals surface area contributed by atoms with Gasteiger partial charge in [-0.3, -0.25) is 0 Å². The first-order valence-electron chi connectivity index (χ1n) is 5.36. The molecule has 17 heavy (non-hydrogen) atoms. The number of aliphatic imine (C=N–C) groups is 1. The van der Waals surface area contributed by atoms with Crippen LogP contribution in [0.15, 0.2) is 35.3 Å². The molecule has 0 radical (unpaired) electrons. The minimum atomic E-state index is 0.379. The molecular formula is C13H12N3O-. The van der Waals surface area contributed by atoms with E-state index in [2.05, 4.69) is 28.6 Å². The maximum absolute atomic E-state index is 5.40. The molecule has 0 N–H and O–H groups in total. The Hall–Kier alpha value is -2.28. The Labute approximate surface area is 101 Å². The second-order valence-corrected chi connectivity index (χ2v) is 3.21. The lowest BCUT2D eigenvalue weighted by atomic mass is 10.2. The van der Waals surface area contributed by atoms with Gasteiger partial charge in [0.2, 0.25) is 0 Å². The molecule has 4 heteroatoms. The molecule has 2 rings (SSSR count). The van der Waals surface area contributed by atoms with E-state index in [1.807, 2.05) is 37.3 Å². The molecule has 0 atom stereocenters. The first-order valence-corrected chi connectivity index (χ1v) is 5.36. The van der Waals surface area contributed by atoms with Crippen LogP contribution >= 0.6 is 0 Å². The van der Waals surface area contributed by atoms with E-state index < -0.39 is 0 Å². The van der Waals surface area contributed by atoms with Crippen LogP contribution < -0.4 is 0 Å². The van der Waals surface area contributed by atoms with Gasteiger partial charge in [-0.2, -0.15) is 0 Å².